The predicted octanol–water partition coefficient (Wildman–Crippen LogP) is 16.9. The highest BCUT2D eigenvalue weighted by molar-refractivity contribution is 7.00. The van der Waals surface area contributed by atoms with E-state index in [1.165, 1.54) is 55.0 Å². The Morgan fingerprint density at radius 3 is 1.53 bits per heavy atom. The van der Waals surface area contributed by atoms with Gasteiger partial charge in [-0.2, -0.15) is 0 Å². The molecule has 11 aromatic carbocycles. The Kier molecular flexibility index (Phi) is 9.58. The normalized spacial score (nSPS) is 13.0. The highest BCUT2D eigenvalue weighted by Crippen LogP contribution is 2.54. The van der Waals surface area contributed by atoms with E-state index in [-0.39, 0.29) is 12.1 Å². The molecular weight excluding hydrogens is 910 g/mol. The molecule has 0 saturated carbocycles. The molecule has 5 heteroatoms. The largest absolute Gasteiger partial charge is 0.456 e. The lowest BCUT2D eigenvalue weighted by molar-refractivity contribution is 0.486. The van der Waals surface area contributed by atoms with E-state index in [2.05, 4.69) is 284 Å². The molecule has 15 rings (SSSR count). The summed E-state index contributed by atoms with van der Waals surface area (Å²) in [6.07, 6.45) is 0. The summed E-state index contributed by atoms with van der Waals surface area (Å²) in [5, 5.41) is 2.45. The molecule has 0 N–H and O–H groups in total. The number of rotatable bonds is 4. The van der Waals surface area contributed by atoms with Crippen LogP contribution in [0.15, 0.2) is 249 Å². The van der Waals surface area contributed by atoms with E-state index in [1.807, 2.05) is 0 Å². The van der Waals surface area contributed by atoms with Crippen LogP contribution in [0.25, 0.3) is 72.0 Å². The van der Waals surface area contributed by atoms with Gasteiger partial charge in [-0.3, -0.25) is 0 Å². The van der Waals surface area contributed by atoms with Gasteiger partial charge in [0.1, 0.15) is 11.5 Å². The van der Waals surface area contributed by atoms with E-state index in [0.717, 1.165) is 84.6 Å². The zero-order valence-corrected chi connectivity index (χ0v) is 42.0. The quantitative estimate of drug-likeness (QED) is 0.164. The number of ether oxygens (including phenoxy) is 1. The molecule has 1 aromatic heterocycles. The van der Waals surface area contributed by atoms with Gasteiger partial charge in [-0.25, -0.2) is 0 Å². The fourth-order valence-corrected chi connectivity index (χ4v) is 12.4. The SMILES string of the molecule is CC(C)(C)c1cc2c3c(c1)-c1ccccc1Oc1ccccc1-c1ccccc1N3c1cc(-n3c4ccccc4c4ccccc43)cc3c1B2c1cc(-c2ccccc2)ccc1N3c1ccc(-c2ccccc2)cc1. The van der Waals surface area contributed by atoms with Gasteiger partial charge in [0.25, 0.3) is 6.71 Å². The highest BCUT2D eigenvalue weighted by Gasteiger charge is 2.46. The van der Waals surface area contributed by atoms with Crippen LogP contribution in [0.2, 0.25) is 0 Å². The van der Waals surface area contributed by atoms with Crippen molar-refractivity contribution in [1.29, 1.82) is 0 Å². The maximum absolute atomic E-state index is 7.18. The van der Waals surface area contributed by atoms with Crippen molar-refractivity contribution in [1.82, 2.24) is 4.57 Å². The van der Waals surface area contributed by atoms with Crippen molar-refractivity contribution in [2.75, 3.05) is 9.80 Å². The summed E-state index contributed by atoms with van der Waals surface area (Å²) < 4.78 is 9.67. The van der Waals surface area contributed by atoms with Gasteiger partial charge in [-0.05, 0) is 116 Å². The van der Waals surface area contributed by atoms with Gasteiger partial charge in [0, 0.05) is 61.5 Å². The van der Waals surface area contributed by atoms with Crippen molar-refractivity contribution in [2.45, 2.75) is 26.2 Å². The van der Waals surface area contributed by atoms with Crippen LogP contribution in [0.5, 0.6) is 11.5 Å². The third kappa shape index (κ3) is 6.71. The van der Waals surface area contributed by atoms with Crippen molar-refractivity contribution >= 4 is 79.0 Å². The van der Waals surface area contributed by atoms with Crippen molar-refractivity contribution < 1.29 is 4.74 Å². The van der Waals surface area contributed by atoms with Crippen LogP contribution >= 0.6 is 0 Å². The van der Waals surface area contributed by atoms with Crippen molar-refractivity contribution in [3.8, 4) is 61.7 Å². The first-order chi connectivity index (χ1) is 36.9. The molecule has 3 aliphatic rings. The average molecular weight is 960 g/mol. The Morgan fingerprint density at radius 1 is 0.360 bits per heavy atom. The molecule has 0 spiro atoms. The summed E-state index contributed by atoms with van der Waals surface area (Å²) in [6, 6.07) is 91.8. The van der Waals surface area contributed by atoms with Crippen LogP contribution in [-0.4, -0.2) is 11.3 Å². The van der Waals surface area contributed by atoms with Crippen molar-refractivity contribution in [3.63, 3.8) is 0 Å². The number of fused-ring (bicyclic) bond motifs is 13. The minimum absolute atomic E-state index is 0.163. The number of aromatic nitrogens is 1. The summed E-state index contributed by atoms with van der Waals surface area (Å²) >= 11 is 0. The molecule has 4 nitrogen and oxygen atoms in total. The maximum atomic E-state index is 7.18. The van der Waals surface area contributed by atoms with Gasteiger partial charge < -0.3 is 19.1 Å². The van der Waals surface area contributed by atoms with Gasteiger partial charge in [-0.15, -0.1) is 0 Å². The van der Waals surface area contributed by atoms with E-state index in [1.54, 1.807) is 0 Å². The van der Waals surface area contributed by atoms with E-state index in [9.17, 15) is 0 Å². The summed E-state index contributed by atoms with van der Waals surface area (Å²) in [5.41, 5.74) is 24.1. The molecule has 12 aromatic rings. The summed E-state index contributed by atoms with van der Waals surface area (Å²) in [6.45, 7) is 6.87. The Balaban J connectivity index is 1.13. The molecule has 0 saturated heterocycles. The van der Waals surface area contributed by atoms with Gasteiger partial charge in [0.15, 0.2) is 0 Å². The summed E-state index contributed by atoms with van der Waals surface area (Å²) in [4.78, 5) is 5.18. The molecular formula is C70H50BN3O. The van der Waals surface area contributed by atoms with Gasteiger partial charge in [0.05, 0.1) is 22.4 Å². The standard InChI is InChI=1S/C70H50BN3O/c1-70(2,3)49-41-57-56-28-14-19-33-67(56)75-66-32-18-13-27-55(66)54-26-12-17-31-62(54)74-65-44-51(73-60-29-15-10-24-52(60)53-25-11-16-30-61(53)73)43-64-68(65)71(59(42-49)69(57)74)58-40-48(46-22-8-5-9-23-46)36-39-63(58)72(64)50-37-34-47(35-38-50)45-20-6-4-7-21-45/h4-44H,1-3H3. The number of para-hydroxylation sites is 5. The second kappa shape index (κ2) is 16.6. The fourth-order valence-electron chi connectivity index (χ4n) is 12.4. The first-order valence-corrected chi connectivity index (χ1v) is 26.1. The van der Waals surface area contributed by atoms with E-state index in [4.69, 9.17) is 4.74 Å². The highest BCUT2D eigenvalue weighted by atomic mass is 16.5. The lowest BCUT2D eigenvalue weighted by Crippen LogP contribution is -2.61. The Labute approximate surface area is 438 Å². The fraction of sp³-hybridized carbons (Fsp3) is 0.0571. The number of benzene rings is 11. The molecule has 0 amide bonds. The van der Waals surface area contributed by atoms with E-state index in [0.29, 0.717) is 0 Å². The zero-order valence-electron chi connectivity index (χ0n) is 42.0. The van der Waals surface area contributed by atoms with Crippen LogP contribution in [0.3, 0.4) is 0 Å². The summed E-state index contributed by atoms with van der Waals surface area (Å²) in [7, 11) is 0. The number of anilines is 6. The van der Waals surface area contributed by atoms with Crippen LogP contribution in [0.1, 0.15) is 26.3 Å². The molecule has 0 atom stereocenters. The average Bonchev–Trinajstić information content (AvgIpc) is 3.87. The third-order valence-corrected chi connectivity index (χ3v) is 15.9. The second-order valence-corrected chi connectivity index (χ2v) is 21.2. The van der Waals surface area contributed by atoms with Gasteiger partial charge in [-0.1, -0.05) is 203 Å². The monoisotopic (exact) mass is 959 g/mol. The van der Waals surface area contributed by atoms with Crippen LogP contribution in [0, 0.1) is 0 Å². The Morgan fingerprint density at radius 2 is 0.880 bits per heavy atom. The zero-order chi connectivity index (χ0) is 49.9. The molecule has 354 valence electrons. The Bertz CT molecular complexity index is 4210. The van der Waals surface area contributed by atoms with E-state index < -0.39 is 0 Å². The summed E-state index contributed by atoms with van der Waals surface area (Å²) in [5.74, 6) is 1.64. The number of hydrogen-bond acceptors (Lipinski definition) is 3. The molecule has 0 aliphatic carbocycles. The van der Waals surface area contributed by atoms with Crippen molar-refractivity contribution in [2.24, 2.45) is 0 Å². The van der Waals surface area contributed by atoms with Crippen LogP contribution < -0.4 is 30.9 Å². The minimum Gasteiger partial charge on any atom is -0.456 e. The molecule has 0 radical (unpaired) electrons. The second-order valence-electron chi connectivity index (χ2n) is 21.2. The van der Waals surface area contributed by atoms with Gasteiger partial charge in [0.2, 0.25) is 0 Å². The number of hydrogen-bond donors (Lipinski definition) is 0. The third-order valence-electron chi connectivity index (χ3n) is 15.9. The van der Waals surface area contributed by atoms with Crippen molar-refractivity contribution in [3.05, 3.63) is 254 Å². The first kappa shape index (κ1) is 43.3. The van der Waals surface area contributed by atoms with Gasteiger partial charge >= 0.3 is 0 Å². The van der Waals surface area contributed by atoms with E-state index >= 15 is 0 Å². The lowest BCUT2D eigenvalue weighted by atomic mass is 9.33. The Hall–Kier alpha value is -9.32. The van der Waals surface area contributed by atoms with Crippen LogP contribution in [-0.2, 0) is 5.41 Å². The smallest absolute Gasteiger partial charge is 0.252 e. The topological polar surface area (TPSA) is 20.6 Å². The maximum Gasteiger partial charge on any atom is 0.252 e. The molecule has 75 heavy (non-hydrogen) atoms. The van der Waals surface area contributed by atoms with Crippen LogP contribution in [0.4, 0.5) is 34.1 Å². The first-order valence-electron chi connectivity index (χ1n) is 26.1. The molecule has 0 unspecified atom stereocenters. The molecule has 0 fully saturated rings. The lowest BCUT2D eigenvalue weighted by Gasteiger charge is -2.46. The predicted molar refractivity (Wildman–Crippen MR) is 315 cm³/mol. The molecule has 3 aliphatic heterocycles. The minimum atomic E-state index is -0.189. The number of nitrogens with zero attached hydrogens (tertiary/aromatic N) is 3. The molecule has 4 heterocycles. The molecule has 0 bridgehead atoms.